The molecule has 1 aromatic carbocycles. The molecule has 1 unspecified atom stereocenters. The van der Waals surface area contributed by atoms with Crippen molar-refractivity contribution >= 4 is 32.6 Å². The summed E-state index contributed by atoms with van der Waals surface area (Å²) in [7, 11) is 1.94. The molecule has 6 heteroatoms. The number of carbonyl (C=O) groups excluding carboxylic acids is 1. The van der Waals surface area contributed by atoms with Crippen LogP contribution in [0.4, 0.5) is 5.13 Å². The maximum absolute atomic E-state index is 11.7. The number of carbonyl (C=O) groups is 1. The van der Waals surface area contributed by atoms with Gasteiger partial charge in [0, 0.05) is 46.2 Å². The predicted octanol–water partition coefficient (Wildman–Crippen LogP) is 2.68. The first-order chi connectivity index (χ1) is 12.2. The van der Waals surface area contributed by atoms with E-state index in [-0.39, 0.29) is 0 Å². The molecule has 0 bridgehead atoms. The van der Waals surface area contributed by atoms with Crippen molar-refractivity contribution in [3.63, 3.8) is 0 Å². The summed E-state index contributed by atoms with van der Waals surface area (Å²) in [5.74, 6) is 0.922. The lowest BCUT2D eigenvalue weighted by molar-refractivity contribution is -0.133. The average Bonchev–Trinajstić information content (AvgIpc) is 2.91. The van der Waals surface area contributed by atoms with Crippen LogP contribution in [0.15, 0.2) is 24.3 Å². The van der Waals surface area contributed by atoms with E-state index >= 15 is 0 Å². The van der Waals surface area contributed by atoms with Crippen molar-refractivity contribution in [2.45, 2.75) is 19.3 Å². The number of hydrogen-bond donors (Lipinski definition) is 0. The lowest BCUT2D eigenvalue weighted by atomic mass is 9.97. The Labute approximate surface area is 153 Å². The Kier molecular flexibility index (Phi) is 4.90. The van der Waals surface area contributed by atoms with Crippen LogP contribution in [0.5, 0.6) is 0 Å². The summed E-state index contributed by atoms with van der Waals surface area (Å²) in [6, 6.07) is 8.39. The molecule has 25 heavy (non-hydrogen) atoms. The minimum atomic E-state index is 0.300. The van der Waals surface area contributed by atoms with Crippen LogP contribution in [0.25, 0.3) is 10.2 Å². The smallest absolute Gasteiger partial charge is 0.222 e. The molecule has 1 atom stereocenters. The Morgan fingerprint density at radius 1 is 1.20 bits per heavy atom. The van der Waals surface area contributed by atoms with Crippen molar-refractivity contribution in [2.24, 2.45) is 5.92 Å². The third-order valence-corrected chi connectivity index (χ3v) is 6.48. The largest absolute Gasteiger partial charge is 0.347 e. The lowest BCUT2D eigenvalue weighted by Crippen LogP contribution is -2.42. The van der Waals surface area contributed by atoms with Crippen molar-refractivity contribution in [1.82, 2.24) is 14.8 Å². The molecule has 2 fully saturated rings. The number of rotatable bonds is 3. The Morgan fingerprint density at radius 2 is 2.08 bits per heavy atom. The van der Waals surface area contributed by atoms with Crippen LogP contribution in [-0.2, 0) is 4.79 Å². The SMILES string of the molecule is CN1CC(CN2CCCN(c3nc4ccccc4s3)CC2)CCC1=O. The normalized spacial score (nSPS) is 23.2. The van der Waals surface area contributed by atoms with E-state index in [0.717, 1.165) is 56.3 Å². The number of likely N-dealkylation sites (tertiary alicyclic amines) is 1. The molecule has 2 saturated heterocycles. The molecule has 1 aromatic heterocycles. The summed E-state index contributed by atoms with van der Waals surface area (Å²) in [6.45, 7) is 6.39. The quantitative estimate of drug-likeness (QED) is 0.846. The van der Waals surface area contributed by atoms with Gasteiger partial charge < -0.3 is 14.7 Å². The van der Waals surface area contributed by atoms with E-state index in [1.54, 1.807) is 11.3 Å². The molecule has 2 aromatic rings. The molecular formula is C19H26N4OS. The first kappa shape index (κ1) is 16.8. The highest BCUT2D eigenvalue weighted by Crippen LogP contribution is 2.29. The van der Waals surface area contributed by atoms with Gasteiger partial charge in [-0.15, -0.1) is 0 Å². The highest BCUT2D eigenvalue weighted by molar-refractivity contribution is 7.22. The second-order valence-electron chi connectivity index (χ2n) is 7.28. The maximum Gasteiger partial charge on any atom is 0.222 e. The number of thiazole rings is 1. The Bertz CT molecular complexity index is 713. The molecule has 2 aliphatic rings. The van der Waals surface area contributed by atoms with Gasteiger partial charge in [-0.05, 0) is 37.4 Å². The fraction of sp³-hybridized carbons (Fsp3) is 0.579. The number of benzene rings is 1. The fourth-order valence-corrected chi connectivity index (χ4v) is 4.97. The summed E-state index contributed by atoms with van der Waals surface area (Å²) in [6.07, 6.45) is 2.94. The summed E-state index contributed by atoms with van der Waals surface area (Å²) in [5.41, 5.74) is 1.11. The Morgan fingerprint density at radius 3 is 2.92 bits per heavy atom. The highest BCUT2D eigenvalue weighted by Gasteiger charge is 2.26. The number of hydrogen-bond acceptors (Lipinski definition) is 5. The van der Waals surface area contributed by atoms with E-state index in [9.17, 15) is 4.79 Å². The minimum Gasteiger partial charge on any atom is -0.347 e. The number of amides is 1. The van der Waals surface area contributed by atoms with Crippen molar-refractivity contribution in [3.05, 3.63) is 24.3 Å². The van der Waals surface area contributed by atoms with E-state index in [2.05, 4.69) is 34.1 Å². The van der Waals surface area contributed by atoms with Crippen LogP contribution < -0.4 is 4.90 Å². The predicted molar refractivity (Wildman–Crippen MR) is 103 cm³/mol. The first-order valence-electron chi connectivity index (χ1n) is 9.26. The molecule has 0 saturated carbocycles. The Hall–Kier alpha value is -1.66. The van der Waals surface area contributed by atoms with E-state index in [4.69, 9.17) is 4.98 Å². The third-order valence-electron chi connectivity index (χ3n) is 5.38. The van der Waals surface area contributed by atoms with Gasteiger partial charge in [-0.3, -0.25) is 4.79 Å². The number of fused-ring (bicyclic) bond motifs is 1. The molecule has 0 spiro atoms. The van der Waals surface area contributed by atoms with Crippen LogP contribution in [0.1, 0.15) is 19.3 Å². The third kappa shape index (κ3) is 3.80. The fourth-order valence-electron chi connectivity index (χ4n) is 3.95. The first-order valence-corrected chi connectivity index (χ1v) is 10.1. The van der Waals surface area contributed by atoms with Crippen molar-refractivity contribution in [1.29, 1.82) is 0 Å². The summed E-state index contributed by atoms with van der Waals surface area (Å²) in [4.78, 5) is 23.4. The average molecular weight is 359 g/mol. The van der Waals surface area contributed by atoms with Gasteiger partial charge in [0.2, 0.25) is 5.91 Å². The molecule has 134 valence electrons. The molecule has 2 aliphatic heterocycles. The molecule has 0 aliphatic carbocycles. The molecule has 4 rings (SSSR count). The number of piperidine rings is 1. The van der Waals surface area contributed by atoms with Gasteiger partial charge in [-0.25, -0.2) is 4.98 Å². The maximum atomic E-state index is 11.7. The summed E-state index contributed by atoms with van der Waals surface area (Å²) >= 11 is 1.80. The number of para-hydroxylation sites is 1. The van der Waals surface area contributed by atoms with Crippen LogP contribution >= 0.6 is 11.3 Å². The van der Waals surface area contributed by atoms with Gasteiger partial charge in [-0.1, -0.05) is 23.5 Å². The summed E-state index contributed by atoms with van der Waals surface area (Å²) in [5, 5.41) is 1.16. The highest BCUT2D eigenvalue weighted by atomic mass is 32.1. The van der Waals surface area contributed by atoms with Crippen molar-refractivity contribution in [3.8, 4) is 0 Å². The van der Waals surface area contributed by atoms with E-state index in [0.29, 0.717) is 18.2 Å². The zero-order valence-electron chi connectivity index (χ0n) is 14.9. The molecule has 1 amide bonds. The van der Waals surface area contributed by atoms with E-state index in [1.165, 1.54) is 11.1 Å². The van der Waals surface area contributed by atoms with Gasteiger partial charge in [0.05, 0.1) is 10.2 Å². The summed E-state index contributed by atoms with van der Waals surface area (Å²) < 4.78 is 1.27. The minimum absolute atomic E-state index is 0.300. The molecule has 0 N–H and O–H groups in total. The van der Waals surface area contributed by atoms with Crippen LogP contribution in [-0.4, -0.2) is 67.0 Å². The van der Waals surface area contributed by atoms with Crippen molar-refractivity contribution in [2.75, 3.05) is 51.2 Å². The van der Waals surface area contributed by atoms with E-state index < -0.39 is 0 Å². The standard InChI is InChI=1S/C19H26N4OS/c1-21-13-15(7-8-18(21)24)14-22-9-4-10-23(12-11-22)19-20-16-5-2-3-6-17(16)25-19/h2-3,5-6,15H,4,7-14H2,1H3. The Balaban J connectivity index is 1.36. The van der Waals surface area contributed by atoms with Crippen LogP contribution in [0.3, 0.4) is 0 Å². The number of anilines is 1. The van der Waals surface area contributed by atoms with Crippen molar-refractivity contribution < 1.29 is 4.79 Å². The zero-order valence-corrected chi connectivity index (χ0v) is 15.7. The van der Waals surface area contributed by atoms with Crippen LogP contribution in [0, 0.1) is 5.92 Å². The van der Waals surface area contributed by atoms with Gasteiger partial charge in [0.15, 0.2) is 5.13 Å². The monoisotopic (exact) mass is 358 g/mol. The van der Waals surface area contributed by atoms with Gasteiger partial charge >= 0.3 is 0 Å². The second kappa shape index (κ2) is 7.30. The van der Waals surface area contributed by atoms with Crippen LogP contribution in [0.2, 0.25) is 0 Å². The second-order valence-corrected chi connectivity index (χ2v) is 8.29. The zero-order chi connectivity index (χ0) is 17.2. The van der Waals surface area contributed by atoms with Gasteiger partial charge in [-0.2, -0.15) is 0 Å². The van der Waals surface area contributed by atoms with Gasteiger partial charge in [0.1, 0.15) is 0 Å². The number of aromatic nitrogens is 1. The van der Waals surface area contributed by atoms with Gasteiger partial charge in [0.25, 0.3) is 0 Å². The molecular weight excluding hydrogens is 332 g/mol. The lowest BCUT2D eigenvalue weighted by Gasteiger charge is -2.33. The molecule has 0 radical (unpaired) electrons. The van der Waals surface area contributed by atoms with E-state index in [1.807, 2.05) is 11.9 Å². The topological polar surface area (TPSA) is 39.7 Å². The number of nitrogens with zero attached hydrogens (tertiary/aromatic N) is 4. The molecule has 3 heterocycles. The molecule has 5 nitrogen and oxygen atoms in total.